The highest BCUT2D eigenvalue weighted by Gasteiger charge is 2.02. The molecule has 1 aromatic heterocycles. The van der Waals surface area contributed by atoms with E-state index < -0.39 is 0 Å². The maximum Gasteiger partial charge on any atom is 0.160 e. The molecule has 0 spiro atoms. The first-order chi connectivity index (χ1) is 6.77. The van der Waals surface area contributed by atoms with E-state index in [4.69, 9.17) is 16.9 Å². The fourth-order valence-electron chi connectivity index (χ4n) is 0.904. The van der Waals surface area contributed by atoms with Crippen molar-refractivity contribution >= 4 is 23.4 Å². The Morgan fingerprint density at radius 3 is 3.00 bits per heavy atom. The van der Waals surface area contributed by atoms with Crippen molar-refractivity contribution in [3.8, 4) is 6.07 Å². The van der Waals surface area contributed by atoms with Gasteiger partial charge in [0, 0.05) is 0 Å². The lowest BCUT2D eigenvalue weighted by molar-refractivity contribution is 0.894. The van der Waals surface area contributed by atoms with Crippen molar-refractivity contribution in [2.45, 2.75) is 24.8 Å². The number of rotatable bonds is 4. The van der Waals surface area contributed by atoms with Crippen LogP contribution >= 0.6 is 23.4 Å². The zero-order valence-electron chi connectivity index (χ0n) is 7.96. The molecule has 4 heteroatoms. The molecule has 0 aliphatic rings. The zero-order valence-corrected chi connectivity index (χ0v) is 9.53. The molecule has 0 N–H and O–H groups in total. The number of pyridine rings is 1. The minimum Gasteiger partial charge on any atom is -0.229 e. The first kappa shape index (κ1) is 11.4. The van der Waals surface area contributed by atoms with E-state index in [0.29, 0.717) is 10.7 Å². The predicted molar refractivity (Wildman–Crippen MR) is 59.6 cm³/mol. The molecule has 14 heavy (non-hydrogen) atoms. The van der Waals surface area contributed by atoms with Gasteiger partial charge in [0.25, 0.3) is 0 Å². The predicted octanol–water partition coefficient (Wildman–Crippen LogP) is 3.50. The number of thioether (sulfide) groups is 1. The molecule has 0 aliphatic carbocycles. The van der Waals surface area contributed by atoms with Crippen molar-refractivity contribution in [2.75, 3.05) is 5.75 Å². The summed E-state index contributed by atoms with van der Waals surface area (Å²) in [5.41, 5.74) is 0.313. The summed E-state index contributed by atoms with van der Waals surface area (Å²) in [4.78, 5) is 4.13. The molecule has 0 saturated carbocycles. The minimum atomic E-state index is 0.313. The van der Waals surface area contributed by atoms with Crippen LogP contribution in [0.3, 0.4) is 0 Å². The van der Waals surface area contributed by atoms with Gasteiger partial charge in [-0.15, -0.1) is 11.8 Å². The van der Waals surface area contributed by atoms with Gasteiger partial charge in [0.15, 0.2) is 5.69 Å². The van der Waals surface area contributed by atoms with E-state index >= 15 is 0 Å². The fourth-order valence-corrected chi connectivity index (χ4v) is 2.01. The smallest absolute Gasteiger partial charge is 0.160 e. The Kier molecular flexibility index (Phi) is 4.78. The summed E-state index contributed by atoms with van der Waals surface area (Å²) in [6.07, 6.45) is 2.34. The highest BCUT2D eigenvalue weighted by molar-refractivity contribution is 7.99. The van der Waals surface area contributed by atoms with Gasteiger partial charge >= 0.3 is 0 Å². The van der Waals surface area contributed by atoms with Gasteiger partial charge < -0.3 is 0 Å². The molecule has 1 heterocycles. The van der Waals surface area contributed by atoms with Crippen LogP contribution in [0.25, 0.3) is 0 Å². The van der Waals surface area contributed by atoms with E-state index in [0.717, 1.165) is 17.2 Å². The van der Waals surface area contributed by atoms with E-state index in [1.165, 1.54) is 6.42 Å². The molecule has 0 atom stereocenters. The van der Waals surface area contributed by atoms with Gasteiger partial charge in [0.1, 0.15) is 6.07 Å². The van der Waals surface area contributed by atoms with Crippen molar-refractivity contribution < 1.29 is 0 Å². The van der Waals surface area contributed by atoms with Gasteiger partial charge in [-0.1, -0.05) is 24.9 Å². The number of aromatic nitrogens is 1. The van der Waals surface area contributed by atoms with Gasteiger partial charge in [0.05, 0.1) is 10.0 Å². The third-order valence-electron chi connectivity index (χ3n) is 1.67. The summed E-state index contributed by atoms with van der Waals surface area (Å²) in [5, 5.41) is 10.0. The molecule has 0 fully saturated rings. The number of halogens is 1. The molecule has 1 rings (SSSR count). The minimum absolute atomic E-state index is 0.313. The molecule has 1 aromatic rings. The zero-order chi connectivity index (χ0) is 10.4. The Hall–Kier alpha value is -0.720. The molecule has 0 aliphatic heterocycles. The van der Waals surface area contributed by atoms with Crippen molar-refractivity contribution in [1.29, 1.82) is 5.26 Å². The number of nitriles is 1. The standard InChI is InChI=1S/C10H11ClN2S/c1-2-3-6-14-10-5-4-8(11)9(7-12)13-10/h4-5H,2-3,6H2,1H3. The Labute approximate surface area is 93.3 Å². The molecule has 0 unspecified atom stereocenters. The lowest BCUT2D eigenvalue weighted by Gasteiger charge is -2.00. The molecular weight excluding hydrogens is 216 g/mol. The molecule has 0 aromatic carbocycles. The Bertz CT molecular complexity index is 346. The SMILES string of the molecule is CCCCSc1ccc(Cl)c(C#N)n1. The van der Waals surface area contributed by atoms with Crippen LogP contribution in [0.4, 0.5) is 0 Å². The van der Waals surface area contributed by atoms with E-state index in [-0.39, 0.29) is 0 Å². The highest BCUT2D eigenvalue weighted by Crippen LogP contribution is 2.21. The monoisotopic (exact) mass is 226 g/mol. The molecule has 0 bridgehead atoms. The van der Waals surface area contributed by atoms with Gasteiger partial charge in [-0.2, -0.15) is 5.26 Å². The lowest BCUT2D eigenvalue weighted by Crippen LogP contribution is -1.88. The largest absolute Gasteiger partial charge is 0.229 e. The highest BCUT2D eigenvalue weighted by atomic mass is 35.5. The molecule has 0 radical (unpaired) electrons. The average molecular weight is 227 g/mol. The van der Waals surface area contributed by atoms with Crippen molar-refractivity contribution in [2.24, 2.45) is 0 Å². The second-order valence-electron chi connectivity index (χ2n) is 2.79. The number of nitrogens with zero attached hydrogens (tertiary/aromatic N) is 2. The summed E-state index contributed by atoms with van der Waals surface area (Å²) in [7, 11) is 0. The summed E-state index contributed by atoms with van der Waals surface area (Å²) < 4.78 is 0. The first-order valence-electron chi connectivity index (χ1n) is 4.47. The summed E-state index contributed by atoms with van der Waals surface area (Å²) in [5.74, 6) is 1.04. The average Bonchev–Trinajstić information content (AvgIpc) is 2.21. The van der Waals surface area contributed by atoms with E-state index in [2.05, 4.69) is 11.9 Å². The molecular formula is C10H11ClN2S. The van der Waals surface area contributed by atoms with Crippen LogP contribution in [-0.4, -0.2) is 10.7 Å². The molecule has 0 amide bonds. The van der Waals surface area contributed by atoms with Gasteiger partial charge in [-0.25, -0.2) is 4.98 Å². The number of hydrogen-bond acceptors (Lipinski definition) is 3. The second-order valence-corrected chi connectivity index (χ2v) is 4.32. The summed E-state index contributed by atoms with van der Waals surface area (Å²) in [6.45, 7) is 2.15. The lowest BCUT2D eigenvalue weighted by atomic mass is 10.4. The van der Waals surface area contributed by atoms with Crippen molar-refractivity contribution in [3.63, 3.8) is 0 Å². The van der Waals surface area contributed by atoms with E-state index in [9.17, 15) is 0 Å². The summed E-state index contributed by atoms with van der Waals surface area (Å²) >= 11 is 7.43. The number of unbranched alkanes of at least 4 members (excludes halogenated alkanes) is 1. The van der Waals surface area contributed by atoms with Crippen LogP contribution in [0.5, 0.6) is 0 Å². The molecule has 74 valence electrons. The number of hydrogen-bond donors (Lipinski definition) is 0. The summed E-state index contributed by atoms with van der Waals surface area (Å²) in [6, 6.07) is 5.54. The fraction of sp³-hybridized carbons (Fsp3) is 0.400. The van der Waals surface area contributed by atoms with Crippen LogP contribution in [0.1, 0.15) is 25.5 Å². The Morgan fingerprint density at radius 1 is 1.57 bits per heavy atom. The maximum atomic E-state index is 8.71. The van der Waals surface area contributed by atoms with Crippen LogP contribution in [0, 0.1) is 11.3 Å². The van der Waals surface area contributed by atoms with Crippen molar-refractivity contribution in [3.05, 3.63) is 22.8 Å². The van der Waals surface area contributed by atoms with E-state index in [1.54, 1.807) is 17.8 Å². The Balaban J connectivity index is 2.66. The van der Waals surface area contributed by atoms with Crippen LogP contribution in [0.2, 0.25) is 5.02 Å². The maximum absolute atomic E-state index is 8.71. The normalized spacial score (nSPS) is 9.79. The molecule has 2 nitrogen and oxygen atoms in total. The van der Waals surface area contributed by atoms with Gasteiger partial charge in [-0.3, -0.25) is 0 Å². The topological polar surface area (TPSA) is 36.7 Å². The second kappa shape index (κ2) is 5.90. The van der Waals surface area contributed by atoms with Crippen LogP contribution < -0.4 is 0 Å². The van der Waals surface area contributed by atoms with Gasteiger partial charge in [0.2, 0.25) is 0 Å². The third kappa shape index (κ3) is 3.21. The van der Waals surface area contributed by atoms with Gasteiger partial charge in [-0.05, 0) is 24.3 Å². The van der Waals surface area contributed by atoms with Crippen molar-refractivity contribution in [1.82, 2.24) is 4.98 Å². The first-order valence-corrected chi connectivity index (χ1v) is 5.83. The quantitative estimate of drug-likeness (QED) is 0.583. The third-order valence-corrected chi connectivity index (χ3v) is 3.00. The van der Waals surface area contributed by atoms with E-state index in [1.807, 2.05) is 12.1 Å². The van der Waals surface area contributed by atoms with Crippen LogP contribution in [0.15, 0.2) is 17.2 Å². The van der Waals surface area contributed by atoms with Crippen LogP contribution in [-0.2, 0) is 0 Å². The molecule has 0 saturated heterocycles. The Morgan fingerprint density at radius 2 is 2.36 bits per heavy atom.